The molecule has 710 valence electrons. The predicted molar refractivity (Wildman–Crippen MR) is 481 cm³/mol. The number of methoxy groups -OCH3 is 2. The summed E-state index contributed by atoms with van der Waals surface area (Å²) in [6.07, 6.45) is 12.9. The van der Waals surface area contributed by atoms with Gasteiger partial charge in [0, 0.05) is 27.9 Å². The number of carbonyl (C=O) groups excluding carboxylic acids is 10. The minimum atomic E-state index is -1.26. The smallest absolute Gasteiger partial charge is 0.408 e. The van der Waals surface area contributed by atoms with Crippen molar-refractivity contribution in [3.8, 4) is 0 Å². The van der Waals surface area contributed by atoms with E-state index in [1.54, 1.807) is 48.5 Å². The van der Waals surface area contributed by atoms with Crippen LogP contribution >= 0.6 is 0 Å². The molecule has 3 fully saturated rings. The first-order valence-electron chi connectivity index (χ1n) is 45.1. The highest BCUT2D eigenvalue weighted by Crippen LogP contribution is 2.31. The summed E-state index contributed by atoms with van der Waals surface area (Å²) < 4.78 is 52.3. The average molecular weight is 1760 g/mol. The van der Waals surface area contributed by atoms with Crippen LogP contribution in [-0.2, 0) is 115 Å². The van der Waals surface area contributed by atoms with E-state index in [9.17, 15) is 57.8 Å². The van der Waals surface area contributed by atoms with Gasteiger partial charge in [-0.15, -0.1) is 0 Å². The molecule has 7 N–H and O–H groups in total. The van der Waals surface area contributed by atoms with Crippen LogP contribution in [0.1, 0.15) is 292 Å². The van der Waals surface area contributed by atoms with Gasteiger partial charge in [0.15, 0.2) is 24.4 Å². The fourth-order valence-electron chi connectivity index (χ4n) is 13.0. The van der Waals surface area contributed by atoms with Gasteiger partial charge in [-0.2, -0.15) is 0 Å². The quantitative estimate of drug-likeness (QED) is 0.0207. The number of carboxylic acid groups (broad SMARTS) is 1. The molecule has 3 aromatic rings. The van der Waals surface area contributed by atoms with Crippen LogP contribution < -0.4 is 21.3 Å². The summed E-state index contributed by atoms with van der Waals surface area (Å²) in [5.74, 6) is -5.66. The molecule has 11 atom stereocenters. The van der Waals surface area contributed by atoms with Gasteiger partial charge in [-0.1, -0.05) is 298 Å². The van der Waals surface area contributed by atoms with Crippen molar-refractivity contribution >= 4 is 65.7 Å². The van der Waals surface area contributed by atoms with Gasteiger partial charge in [0.1, 0.15) is 61.8 Å². The van der Waals surface area contributed by atoms with E-state index in [4.69, 9.17) is 57.6 Å². The van der Waals surface area contributed by atoms with E-state index in [0.717, 1.165) is 55.9 Å². The molecule has 3 aromatic carbocycles. The highest BCUT2D eigenvalue weighted by Gasteiger charge is 2.37. The SMILES string of the molecule is CC.CC.CC.CC.CC(C)[C@@H](NC(=O)OC(C)(C)C)C(=O)O[C@@H](C)C(=O)OCc1ccccc1.CC(C)[C@@H](NC[C@H](O)CC1CCCCC1)C(=O)O[C@@H](C)C(=O)OCc1ccccc1.CO.CO[C@H](CC1CCCCC1)C(=O)N[C@@H](C(=O)O[C@@H](C)C(=O)O)C(C)C.CO[C@H](CC1CCCCC1)C(=O)N[C@@H](C(=O)O[C@@H](C)C(=O)OCc1ccccc1)C(C)C. The number of esters is 7. The van der Waals surface area contributed by atoms with E-state index in [1.165, 1.54) is 113 Å². The van der Waals surface area contributed by atoms with Crippen LogP contribution in [0, 0.1) is 41.4 Å². The van der Waals surface area contributed by atoms with E-state index in [-0.39, 0.29) is 55.3 Å². The molecule has 3 saturated carbocycles. The molecule has 0 spiro atoms. The summed E-state index contributed by atoms with van der Waals surface area (Å²) in [4.78, 5) is 134. The van der Waals surface area contributed by atoms with Crippen molar-refractivity contribution in [2.75, 3.05) is 27.9 Å². The molecule has 0 aromatic heterocycles. The van der Waals surface area contributed by atoms with Gasteiger partial charge in [0.05, 0.1) is 6.10 Å². The van der Waals surface area contributed by atoms with Crippen molar-refractivity contribution in [3.63, 3.8) is 0 Å². The molecule has 0 radical (unpaired) electrons. The molecule has 28 heteroatoms. The summed E-state index contributed by atoms with van der Waals surface area (Å²) >= 11 is 0. The number of carbonyl (C=O) groups is 11. The second-order valence-electron chi connectivity index (χ2n) is 32.2. The highest BCUT2D eigenvalue weighted by molar-refractivity contribution is 5.90. The van der Waals surface area contributed by atoms with E-state index >= 15 is 0 Å². The van der Waals surface area contributed by atoms with Crippen LogP contribution in [0.2, 0.25) is 0 Å². The number of aliphatic hydroxyl groups is 2. The third-order valence-electron chi connectivity index (χ3n) is 19.7. The van der Waals surface area contributed by atoms with Crippen LogP contribution in [0.25, 0.3) is 0 Å². The molecule has 0 bridgehead atoms. The highest BCUT2D eigenvalue weighted by atomic mass is 16.6. The van der Waals surface area contributed by atoms with Gasteiger partial charge >= 0.3 is 53.8 Å². The van der Waals surface area contributed by atoms with E-state index in [0.29, 0.717) is 37.1 Å². The summed E-state index contributed by atoms with van der Waals surface area (Å²) in [7, 11) is 4.00. The number of aliphatic hydroxyl groups excluding tert-OH is 2. The van der Waals surface area contributed by atoms with Crippen molar-refractivity contribution in [2.24, 2.45) is 41.4 Å². The van der Waals surface area contributed by atoms with Gasteiger partial charge < -0.3 is 84.0 Å². The van der Waals surface area contributed by atoms with Crippen LogP contribution in [0.5, 0.6) is 0 Å². The summed E-state index contributed by atoms with van der Waals surface area (Å²) in [5.41, 5.74) is 1.86. The number of ether oxygens (including phenoxy) is 10. The summed E-state index contributed by atoms with van der Waals surface area (Å²) in [6.45, 7) is 42.0. The Kier molecular flexibility index (Phi) is 68.1. The molecular weight excluding hydrogens is 1590 g/mol. The van der Waals surface area contributed by atoms with Crippen LogP contribution in [0.3, 0.4) is 0 Å². The number of alkyl carbamates (subject to hydrolysis) is 1. The Morgan fingerprint density at radius 1 is 0.371 bits per heavy atom. The Bertz CT molecular complexity index is 3340. The lowest BCUT2D eigenvalue weighted by molar-refractivity contribution is -0.169. The number of rotatable bonds is 38. The van der Waals surface area contributed by atoms with Crippen molar-refractivity contribution < 1.29 is 115 Å². The third-order valence-corrected chi connectivity index (χ3v) is 19.7. The number of aliphatic carboxylic acids is 1. The van der Waals surface area contributed by atoms with E-state index < -0.39 is 126 Å². The minimum absolute atomic E-state index is 0.0353. The Hall–Kier alpha value is -8.57. The van der Waals surface area contributed by atoms with Crippen molar-refractivity contribution in [1.29, 1.82) is 0 Å². The lowest BCUT2D eigenvalue weighted by Gasteiger charge is -2.28. The van der Waals surface area contributed by atoms with Crippen molar-refractivity contribution in [2.45, 2.75) is 367 Å². The predicted octanol–water partition coefficient (Wildman–Crippen LogP) is 16.4. The summed E-state index contributed by atoms with van der Waals surface area (Å²) in [6, 6.07) is 24.5. The zero-order valence-electron chi connectivity index (χ0n) is 80.0. The maximum atomic E-state index is 12.8. The number of carboxylic acids is 1. The minimum Gasteiger partial charge on any atom is -0.479 e. The first kappa shape index (κ1) is 120. The molecule has 3 aliphatic carbocycles. The van der Waals surface area contributed by atoms with Gasteiger partial charge in [-0.3, -0.25) is 14.4 Å². The molecule has 3 amide bonds. The molecule has 6 rings (SSSR count). The number of nitrogens with one attached hydrogen (secondary N) is 4. The number of hydrogen-bond acceptors (Lipinski definition) is 24. The van der Waals surface area contributed by atoms with Crippen LogP contribution in [0.15, 0.2) is 91.0 Å². The molecule has 28 nitrogen and oxygen atoms in total. The molecule has 0 heterocycles. The lowest BCUT2D eigenvalue weighted by Crippen LogP contribution is -2.50. The molecular formula is C96H162N4O24. The zero-order chi connectivity index (χ0) is 95.0. The number of benzene rings is 3. The Balaban J connectivity index is -0.00000153. The second-order valence-corrected chi connectivity index (χ2v) is 32.2. The zero-order valence-corrected chi connectivity index (χ0v) is 80.0. The third kappa shape index (κ3) is 53.0. The Morgan fingerprint density at radius 2 is 0.629 bits per heavy atom. The standard InChI is InChI=1S/C25H37NO6.C24H37NO5.C20H29NO6.C18H31NO6.4C2H6.CH4O/c1-17(2)22(26-23(27)21(30-4)15-19-11-7-5-8-12-19)25(29)32-18(3)24(28)31-16-20-13-9-6-10-14-20;1-17(2)22(25-15-21(26)14-19-10-6-4-7-11-19)24(28)30-18(3)23(27)29-16-20-12-8-5-9-13-20;1-13(2)16(21-19(24)27-20(4,5)6)18(23)26-14(3)17(22)25-12-15-10-8-7-9-11-15;1-11(2)15(18(23)25-12(3)17(21)22)19-16(20)14(24-4)10-13-8-6-5-7-9-13;5*1-2/h6,9-10,13-14,17-19,21-22H,5,7-8,11-12,15-16H2,1-4H3,(H,26,27);5,8-9,12-13,17-19,21-22,25-26H,4,6-7,10-11,14-16H2,1-3H3;7-11,13-14,16H,12H2,1-6H3,(H,21,24);11-15H,5-10H2,1-4H3,(H,19,20)(H,21,22);4*1-2H3;2H,1H3/t2*18-,21+,22+;14-,16+;12-,14+,15+;;;;;/m0000...../s1. The Morgan fingerprint density at radius 3 is 0.887 bits per heavy atom. The number of hydrogen-bond donors (Lipinski definition) is 7. The second kappa shape index (κ2) is 70.6. The topological polar surface area (TPSA) is 389 Å². The van der Waals surface area contributed by atoms with E-state index in [2.05, 4.69) is 21.3 Å². The molecule has 0 aliphatic heterocycles. The monoisotopic (exact) mass is 1760 g/mol. The Labute approximate surface area is 743 Å². The molecule has 124 heavy (non-hydrogen) atoms. The first-order valence-corrected chi connectivity index (χ1v) is 45.1. The van der Waals surface area contributed by atoms with Gasteiger partial charge in [0.25, 0.3) is 0 Å². The largest absolute Gasteiger partial charge is 0.479 e. The molecule has 0 unspecified atom stereocenters. The summed E-state index contributed by atoms with van der Waals surface area (Å²) in [5, 5.41) is 37.3. The molecule has 0 saturated heterocycles. The van der Waals surface area contributed by atoms with Crippen LogP contribution in [-0.4, -0.2) is 181 Å². The lowest BCUT2D eigenvalue weighted by atomic mass is 9.85. The van der Waals surface area contributed by atoms with Gasteiger partial charge in [0.2, 0.25) is 11.8 Å². The van der Waals surface area contributed by atoms with Crippen LogP contribution in [0.4, 0.5) is 4.79 Å². The fraction of sp³-hybridized carbons (Fsp3) is 0.698. The van der Waals surface area contributed by atoms with Crippen molar-refractivity contribution in [1.82, 2.24) is 21.3 Å². The first-order chi connectivity index (χ1) is 58.9. The normalized spacial score (nSPS) is 15.8. The maximum absolute atomic E-state index is 12.8. The van der Waals surface area contributed by atoms with Gasteiger partial charge in [-0.25, -0.2) is 38.4 Å². The average Bonchev–Trinajstić information content (AvgIpc) is 0.859. The van der Waals surface area contributed by atoms with Gasteiger partial charge in [-0.05, 0) is 126 Å². The van der Waals surface area contributed by atoms with E-state index in [1.807, 2.05) is 174 Å². The fourth-order valence-corrected chi connectivity index (χ4v) is 13.0. The molecule has 3 aliphatic rings. The number of amides is 3. The maximum Gasteiger partial charge on any atom is 0.408 e. The van der Waals surface area contributed by atoms with Crippen molar-refractivity contribution in [3.05, 3.63) is 108 Å².